The minimum absolute atomic E-state index is 0.261. The van der Waals surface area contributed by atoms with E-state index in [2.05, 4.69) is 10.3 Å². The lowest BCUT2D eigenvalue weighted by atomic mass is 10.3. The molecule has 5 heteroatoms. The summed E-state index contributed by atoms with van der Waals surface area (Å²) in [6.07, 6.45) is -0.643. The van der Waals surface area contributed by atoms with Gasteiger partial charge in [0, 0.05) is 10.7 Å². The molecule has 1 aromatic heterocycles. The fraction of sp³-hybridized carbons (Fsp3) is 0.200. The van der Waals surface area contributed by atoms with E-state index in [9.17, 15) is 4.79 Å². The summed E-state index contributed by atoms with van der Waals surface area (Å²) in [5.41, 5.74) is 0.839. The van der Waals surface area contributed by atoms with Gasteiger partial charge in [-0.1, -0.05) is 23.7 Å². The van der Waals surface area contributed by atoms with Crippen LogP contribution in [0.25, 0.3) is 0 Å². The number of amides is 1. The zero-order valence-electron chi connectivity index (χ0n) is 11.3. The molecule has 0 bridgehead atoms. The number of carbonyl (C=O) groups excluding carboxylic acids is 1. The van der Waals surface area contributed by atoms with Gasteiger partial charge in [-0.2, -0.15) is 0 Å². The minimum atomic E-state index is -0.643. The highest BCUT2D eigenvalue weighted by Gasteiger charge is 2.15. The molecule has 0 aliphatic carbocycles. The predicted octanol–water partition coefficient (Wildman–Crippen LogP) is 3.45. The van der Waals surface area contributed by atoms with Crippen LogP contribution in [-0.4, -0.2) is 17.0 Å². The number of rotatable bonds is 4. The Morgan fingerprint density at radius 2 is 2.05 bits per heavy atom. The maximum absolute atomic E-state index is 12.0. The average Bonchev–Trinajstić information content (AvgIpc) is 2.38. The van der Waals surface area contributed by atoms with E-state index in [0.717, 1.165) is 5.69 Å². The predicted molar refractivity (Wildman–Crippen MR) is 79.1 cm³/mol. The Bertz CT molecular complexity index is 616. The molecule has 1 amide bonds. The van der Waals surface area contributed by atoms with Gasteiger partial charge in [-0.3, -0.25) is 4.79 Å². The number of aromatic nitrogens is 1. The average molecular weight is 291 g/mol. The number of ether oxygens (including phenoxy) is 1. The second kappa shape index (κ2) is 6.39. The zero-order valence-corrected chi connectivity index (χ0v) is 12.0. The van der Waals surface area contributed by atoms with Crippen molar-refractivity contribution in [3.63, 3.8) is 0 Å². The van der Waals surface area contributed by atoms with Gasteiger partial charge in [0.05, 0.1) is 0 Å². The lowest BCUT2D eigenvalue weighted by molar-refractivity contribution is -0.122. The third-order valence-corrected chi connectivity index (χ3v) is 2.85. The summed E-state index contributed by atoms with van der Waals surface area (Å²) >= 11 is 5.86. The highest BCUT2D eigenvalue weighted by molar-refractivity contribution is 6.30. The normalized spacial score (nSPS) is 11.8. The first-order chi connectivity index (χ1) is 9.54. The number of pyridine rings is 1. The fourth-order valence-corrected chi connectivity index (χ4v) is 1.82. The van der Waals surface area contributed by atoms with Crippen LogP contribution in [-0.2, 0) is 4.79 Å². The monoisotopic (exact) mass is 290 g/mol. The Labute approximate surface area is 122 Å². The van der Waals surface area contributed by atoms with E-state index in [4.69, 9.17) is 16.3 Å². The maximum Gasteiger partial charge on any atom is 0.266 e. The van der Waals surface area contributed by atoms with Crippen molar-refractivity contribution in [3.05, 3.63) is 53.2 Å². The second-order valence-electron chi connectivity index (χ2n) is 4.37. The van der Waals surface area contributed by atoms with Gasteiger partial charge in [0.15, 0.2) is 6.10 Å². The minimum Gasteiger partial charge on any atom is -0.481 e. The molecule has 4 nitrogen and oxygen atoms in total. The number of nitrogens with zero attached hydrogens (tertiary/aromatic N) is 1. The van der Waals surface area contributed by atoms with Crippen LogP contribution in [0.15, 0.2) is 42.5 Å². The first kappa shape index (κ1) is 14.3. The summed E-state index contributed by atoms with van der Waals surface area (Å²) in [6.45, 7) is 3.54. The maximum atomic E-state index is 12.0. The highest BCUT2D eigenvalue weighted by Crippen LogP contribution is 2.18. The standard InChI is InChI=1S/C15H15ClN2O2/c1-10-5-3-8-14(17-10)18-15(19)11(2)20-13-7-4-6-12(16)9-13/h3-9,11H,1-2H3,(H,17,18,19)/t11-/m0/s1. The van der Waals surface area contributed by atoms with E-state index >= 15 is 0 Å². The molecule has 1 atom stereocenters. The molecule has 0 radical (unpaired) electrons. The van der Waals surface area contributed by atoms with E-state index in [1.807, 2.05) is 19.1 Å². The highest BCUT2D eigenvalue weighted by atomic mass is 35.5. The lowest BCUT2D eigenvalue weighted by Gasteiger charge is -2.14. The SMILES string of the molecule is Cc1cccc(NC(=O)[C@H](C)Oc2cccc(Cl)c2)n1. The van der Waals surface area contributed by atoms with Crippen LogP contribution < -0.4 is 10.1 Å². The third-order valence-electron chi connectivity index (χ3n) is 2.62. The van der Waals surface area contributed by atoms with E-state index < -0.39 is 6.10 Å². The molecule has 1 heterocycles. The Balaban J connectivity index is 1.98. The molecule has 0 unspecified atom stereocenters. The van der Waals surface area contributed by atoms with Crippen LogP contribution >= 0.6 is 11.6 Å². The molecule has 0 spiro atoms. The number of halogens is 1. The van der Waals surface area contributed by atoms with Gasteiger partial charge in [-0.25, -0.2) is 4.98 Å². The van der Waals surface area contributed by atoms with E-state index in [1.165, 1.54) is 0 Å². The van der Waals surface area contributed by atoms with Crippen molar-refractivity contribution < 1.29 is 9.53 Å². The Kier molecular flexibility index (Phi) is 4.58. The molecule has 2 aromatic rings. The Morgan fingerprint density at radius 1 is 1.30 bits per heavy atom. The molecular weight excluding hydrogens is 276 g/mol. The van der Waals surface area contributed by atoms with Gasteiger partial charge in [0.2, 0.25) is 0 Å². The first-order valence-corrected chi connectivity index (χ1v) is 6.59. The molecule has 2 rings (SSSR count). The number of hydrogen-bond acceptors (Lipinski definition) is 3. The van der Waals surface area contributed by atoms with Crippen molar-refractivity contribution in [1.29, 1.82) is 0 Å². The van der Waals surface area contributed by atoms with Gasteiger partial charge in [-0.15, -0.1) is 0 Å². The summed E-state index contributed by atoms with van der Waals surface area (Å²) in [4.78, 5) is 16.2. The Hall–Kier alpha value is -2.07. The van der Waals surface area contributed by atoms with Crippen LogP contribution in [0.4, 0.5) is 5.82 Å². The van der Waals surface area contributed by atoms with E-state index in [1.54, 1.807) is 37.3 Å². The Morgan fingerprint density at radius 3 is 2.75 bits per heavy atom. The molecular formula is C15H15ClN2O2. The van der Waals surface area contributed by atoms with Crippen molar-refractivity contribution >= 4 is 23.3 Å². The topological polar surface area (TPSA) is 51.2 Å². The van der Waals surface area contributed by atoms with Crippen molar-refractivity contribution in [2.75, 3.05) is 5.32 Å². The summed E-state index contributed by atoms with van der Waals surface area (Å²) < 4.78 is 5.54. The largest absolute Gasteiger partial charge is 0.481 e. The second-order valence-corrected chi connectivity index (χ2v) is 4.81. The number of nitrogens with one attached hydrogen (secondary N) is 1. The number of benzene rings is 1. The molecule has 20 heavy (non-hydrogen) atoms. The fourth-order valence-electron chi connectivity index (χ4n) is 1.64. The summed E-state index contributed by atoms with van der Waals surface area (Å²) in [5, 5.41) is 3.27. The third kappa shape index (κ3) is 3.96. The number of carbonyl (C=O) groups is 1. The molecule has 0 saturated carbocycles. The summed E-state index contributed by atoms with van der Waals surface area (Å²) in [5.74, 6) is 0.803. The van der Waals surface area contributed by atoms with Gasteiger partial charge < -0.3 is 10.1 Å². The lowest BCUT2D eigenvalue weighted by Crippen LogP contribution is -2.30. The van der Waals surface area contributed by atoms with Gasteiger partial charge >= 0.3 is 0 Å². The molecule has 0 aliphatic heterocycles. The number of anilines is 1. The van der Waals surface area contributed by atoms with Gasteiger partial charge in [-0.05, 0) is 44.2 Å². The van der Waals surface area contributed by atoms with E-state index in [0.29, 0.717) is 16.6 Å². The van der Waals surface area contributed by atoms with Crippen molar-refractivity contribution in [3.8, 4) is 5.75 Å². The van der Waals surface area contributed by atoms with Crippen molar-refractivity contribution in [2.45, 2.75) is 20.0 Å². The number of hydrogen-bond donors (Lipinski definition) is 1. The van der Waals surface area contributed by atoms with Crippen LogP contribution in [0.1, 0.15) is 12.6 Å². The molecule has 1 aromatic carbocycles. The quantitative estimate of drug-likeness (QED) is 0.938. The van der Waals surface area contributed by atoms with Crippen LogP contribution in [0, 0.1) is 6.92 Å². The first-order valence-electron chi connectivity index (χ1n) is 6.21. The van der Waals surface area contributed by atoms with Crippen LogP contribution in [0.3, 0.4) is 0 Å². The smallest absolute Gasteiger partial charge is 0.266 e. The van der Waals surface area contributed by atoms with Crippen molar-refractivity contribution in [1.82, 2.24) is 4.98 Å². The molecule has 0 saturated heterocycles. The summed E-state index contributed by atoms with van der Waals surface area (Å²) in [7, 11) is 0. The molecule has 1 N–H and O–H groups in total. The summed E-state index contributed by atoms with van der Waals surface area (Å²) in [6, 6.07) is 12.4. The molecule has 0 fully saturated rings. The van der Waals surface area contributed by atoms with E-state index in [-0.39, 0.29) is 5.91 Å². The van der Waals surface area contributed by atoms with Crippen molar-refractivity contribution in [2.24, 2.45) is 0 Å². The number of aryl methyl sites for hydroxylation is 1. The zero-order chi connectivity index (χ0) is 14.5. The van der Waals surface area contributed by atoms with Crippen LogP contribution in [0.5, 0.6) is 5.75 Å². The van der Waals surface area contributed by atoms with Gasteiger partial charge in [0.25, 0.3) is 5.91 Å². The molecule has 0 aliphatic rings. The molecule has 104 valence electrons. The van der Waals surface area contributed by atoms with Crippen LogP contribution in [0.2, 0.25) is 5.02 Å². The van der Waals surface area contributed by atoms with Gasteiger partial charge in [0.1, 0.15) is 11.6 Å².